The molecule has 0 saturated carbocycles. The van der Waals surface area contributed by atoms with Crippen LogP contribution in [0.2, 0.25) is 10.0 Å². The van der Waals surface area contributed by atoms with Gasteiger partial charge < -0.3 is 0 Å². The van der Waals surface area contributed by atoms with E-state index in [0.29, 0.717) is 5.69 Å². The van der Waals surface area contributed by atoms with Gasteiger partial charge in [0.25, 0.3) is 5.56 Å². The second-order valence-electron chi connectivity index (χ2n) is 3.00. The molecule has 1 aromatic carbocycles. The van der Waals surface area contributed by atoms with Gasteiger partial charge in [-0.25, -0.2) is 4.39 Å². The zero-order valence-electron chi connectivity index (χ0n) is 7.82. The molecule has 0 aliphatic carbocycles. The first-order valence-corrected chi connectivity index (χ1v) is 5.04. The molecular formula is C10H5Cl2FN2O. The third-order valence-electron chi connectivity index (χ3n) is 1.95. The fourth-order valence-corrected chi connectivity index (χ4v) is 1.43. The molecule has 0 amide bonds. The van der Waals surface area contributed by atoms with Crippen molar-refractivity contribution in [1.82, 2.24) is 9.78 Å². The fourth-order valence-electron chi connectivity index (χ4n) is 1.18. The number of benzene rings is 1. The summed E-state index contributed by atoms with van der Waals surface area (Å²) in [6.07, 6.45) is 1.26. The van der Waals surface area contributed by atoms with Gasteiger partial charge in [0.1, 0.15) is 10.8 Å². The highest BCUT2D eigenvalue weighted by atomic mass is 35.5. The van der Waals surface area contributed by atoms with Gasteiger partial charge in [-0.2, -0.15) is 9.78 Å². The summed E-state index contributed by atoms with van der Waals surface area (Å²) in [5, 5.41) is 3.78. The molecular weight excluding hydrogens is 254 g/mol. The van der Waals surface area contributed by atoms with Crippen LogP contribution in [0.4, 0.5) is 4.39 Å². The Kier molecular flexibility index (Phi) is 2.94. The monoisotopic (exact) mass is 258 g/mol. The summed E-state index contributed by atoms with van der Waals surface area (Å²) in [4.78, 5) is 11.7. The van der Waals surface area contributed by atoms with Gasteiger partial charge in [0.2, 0.25) is 0 Å². The molecule has 0 unspecified atom stereocenters. The Morgan fingerprint density at radius 3 is 2.44 bits per heavy atom. The fraction of sp³-hybridized carbons (Fsp3) is 0. The maximum atomic E-state index is 12.7. The Bertz CT molecular complexity index is 580. The van der Waals surface area contributed by atoms with Crippen molar-refractivity contribution in [2.45, 2.75) is 0 Å². The smallest absolute Gasteiger partial charge is 0.266 e. The van der Waals surface area contributed by atoms with Crippen molar-refractivity contribution in [2.75, 3.05) is 0 Å². The Balaban J connectivity index is 2.61. The normalized spacial score (nSPS) is 10.4. The summed E-state index contributed by atoms with van der Waals surface area (Å²) >= 11 is 11.3. The predicted octanol–water partition coefficient (Wildman–Crippen LogP) is 2.68. The lowest BCUT2D eigenvalue weighted by atomic mass is 10.3. The third kappa shape index (κ3) is 1.94. The number of rotatable bonds is 1. The van der Waals surface area contributed by atoms with Crippen LogP contribution in [0.1, 0.15) is 0 Å². The zero-order valence-corrected chi connectivity index (χ0v) is 9.34. The molecule has 2 aromatic rings. The lowest BCUT2D eigenvalue weighted by Gasteiger charge is -2.04. The van der Waals surface area contributed by atoms with E-state index in [1.165, 1.54) is 30.5 Å². The van der Waals surface area contributed by atoms with Crippen molar-refractivity contribution in [1.29, 1.82) is 0 Å². The van der Waals surface area contributed by atoms with E-state index in [4.69, 9.17) is 23.2 Å². The van der Waals surface area contributed by atoms with E-state index in [9.17, 15) is 9.18 Å². The van der Waals surface area contributed by atoms with Crippen LogP contribution in [0.3, 0.4) is 0 Å². The van der Waals surface area contributed by atoms with Gasteiger partial charge in [0.05, 0.1) is 16.9 Å². The Hall–Kier alpha value is -1.39. The van der Waals surface area contributed by atoms with Crippen LogP contribution in [0.25, 0.3) is 5.69 Å². The highest BCUT2D eigenvalue weighted by molar-refractivity contribution is 6.41. The molecule has 0 aliphatic heterocycles. The van der Waals surface area contributed by atoms with E-state index in [2.05, 4.69) is 5.10 Å². The first-order valence-electron chi connectivity index (χ1n) is 4.29. The molecule has 6 heteroatoms. The van der Waals surface area contributed by atoms with Crippen molar-refractivity contribution in [3.8, 4) is 5.69 Å². The highest BCUT2D eigenvalue weighted by Crippen LogP contribution is 2.16. The minimum Gasteiger partial charge on any atom is -0.266 e. The maximum Gasteiger partial charge on any atom is 0.291 e. The average molecular weight is 259 g/mol. The molecule has 0 fully saturated rings. The molecule has 0 saturated heterocycles. The van der Waals surface area contributed by atoms with Crippen LogP contribution in [0.5, 0.6) is 0 Å². The number of hydrogen-bond donors (Lipinski definition) is 0. The summed E-state index contributed by atoms with van der Waals surface area (Å²) in [6, 6.07) is 5.31. The first-order chi connectivity index (χ1) is 7.59. The molecule has 0 spiro atoms. The Morgan fingerprint density at radius 2 is 1.81 bits per heavy atom. The SMILES string of the molecule is O=c1c(Cl)c(Cl)cnn1-c1ccc(F)cc1. The zero-order chi connectivity index (χ0) is 11.7. The molecule has 3 nitrogen and oxygen atoms in total. The maximum absolute atomic E-state index is 12.7. The lowest BCUT2D eigenvalue weighted by Crippen LogP contribution is -2.21. The van der Waals surface area contributed by atoms with Crippen LogP contribution in [-0.4, -0.2) is 9.78 Å². The van der Waals surface area contributed by atoms with E-state index < -0.39 is 11.4 Å². The van der Waals surface area contributed by atoms with Gasteiger partial charge in [0.15, 0.2) is 0 Å². The van der Waals surface area contributed by atoms with Crippen molar-refractivity contribution < 1.29 is 4.39 Å². The summed E-state index contributed by atoms with van der Waals surface area (Å²) < 4.78 is 13.7. The summed E-state index contributed by atoms with van der Waals surface area (Å²) in [5.41, 5.74) is -0.120. The van der Waals surface area contributed by atoms with E-state index in [1.54, 1.807) is 0 Å². The van der Waals surface area contributed by atoms with Gasteiger partial charge >= 0.3 is 0 Å². The predicted molar refractivity (Wildman–Crippen MR) is 59.8 cm³/mol. The van der Waals surface area contributed by atoms with Crippen molar-refractivity contribution in [3.05, 3.63) is 56.7 Å². The molecule has 2 rings (SSSR count). The molecule has 16 heavy (non-hydrogen) atoms. The first kappa shape index (κ1) is 11.1. The van der Waals surface area contributed by atoms with Gasteiger partial charge in [-0.1, -0.05) is 23.2 Å². The molecule has 0 N–H and O–H groups in total. The summed E-state index contributed by atoms with van der Waals surface area (Å²) in [5.74, 6) is -0.392. The van der Waals surface area contributed by atoms with E-state index in [-0.39, 0.29) is 10.0 Å². The van der Waals surface area contributed by atoms with Gasteiger partial charge in [-0.3, -0.25) is 4.79 Å². The summed E-state index contributed by atoms with van der Waals surface area (Å²) in [6.45, 7) is 0. The Morgan fingerprint density at radius 1 is 1.19 bits per heavy atom. The summed E-state index contributed by atoms with van der Waals surface area (Å²) in [7, 11) is 0. The molecule has 1 aromatic heterocycles. The number of nitrogens with zero attached hydrogens (tertiary/aromatic N) is 2. The Labute approximate surface area is 100 Å². The number of halogens is 3. The average Bonchev–Trinajstić information content (AvgIpc) is 2.28. The topological polar surface area (TPSA) is 34.9 Å². The quantitative estimate of drug-likeness (QED) is 0.789. The highest BCUT2D eigenvalue weighted by Gasteiger charge is 2.08. The standard InChI is InChI=1S/C10H5Cl2FN2O/c11-8-5-14-15(10(16)9(8)12)7-3-1-6(13)2-4-7/h1-5H. The van der Waals surface area contributed by atoms with Crippen LogP contribution in [0.15, 0.2) is 35.3 Å². The van der Waals surface area contributed by atoms with E-state index >= 15 is 0 Å². The van der Waals surface area contributed by atoms with Gasteiger partial charge in [-0.15, -0.1) is 0 Å². The molecule has 0 atom stereocenters. The minimum atomic E-state index is -0.541. The van der Waals surface area contributed by atoms with E-state index in [1.807, 2.05) is 0 Å². The number of aromatic nitrogens is 2. The van der Waals surface area contributed by atoms with Crippen LogP contribution < -0.4 is 5.56 Å². The van der Waals surface area contributed by atoms with E-state index in [0.717, 1.165) is 4.68 Å². The lowest BCUT2D eigenvalue weighted by molar-refractivity contribution is 0.626. The van der Waals surface area contributed by atoms with Crippen LogP contribution >= 0.6 is 23.2 Å². The molecule has 0 aliphatic rings. The van der Waals surface area contributed by atoms with Crippen LogP contribution in [-0.2, 0) is 0 Å². The van der Waals surface area contributed by atoms with Crippen molar-refractivity contribution in [2.24, 2.45) is 0 Å². The number of hydrogen-bond acceptors (Lipinski definition) is 2. The second-order valence-corrected chi connectivity index (χ2v) is 3.79. The minimum absolute atomic E-state index is 0.0880. The largest absolute Gasteiger partial charge is 0.291 e. The van der Waals surface area contributed by atoms with Crippen molar-refractivity contribution in [3.63, 3.8) is 0 Å². The van der Waals surface area contributed by atoms with Gasteiger partial charge in [0, 0.05) is 0 Å². The second kappa shape index (κ2) is 4.23. The third-order valence-corrected chi connectivity index (χ3v) is 2.70. The molecule has 0 radical (unpaired) electrons. The molecule has 82 valence electrons. The van der Waals surface area contributed by atoms with Gasteiger partial charge in [-0.05, 0) is 24.3 Å². The van der Waals surface area contributed by atoms with Crippen LogP contribution in [0, 0.1) is 5.82 Å². The van der Waals surface area contributed by atoms with Crippen molar-refractivity contribution >= 4 is 23.2 Å². The molecule has 1 heterocycles. The molecule has 0 bridgehead atoms.